The van der Waals surface area contributed by atoms with Gasteiger partial charge in [-0.15, -0.1) is 0 Å². The second kappa shape index (κ2) is 10.4. The number of benzene rings is 3. The molecule has 0 saturated heterocycles. The van der Waals surface area contributed by atoms with E-state index < -0.39 is 74.7 Å². The minimum atomic E-state index is -5.03. The molecule has 200 valence electrons. The molecule has 8 nitrogen and oxygen atoms in total. The Morgan fingerprint density at radius 1 is 0.842 bits per heavy atom. The van der Waals surface area contributed by atoms with Crippen molar-refractivity contribution in [1.29, 1.82) is 0 Å². The van der Waals surface area contributed by atoms with Crippen molar-refractivity contribution in [2.75, 3.05) is 12.4 Å². The third kappa shape index (κ3) is 5.31. The third-order valence-electron chi connectivity index (χ3n) is 5.67. The first-order valence-electron chi connectivity index (χ1n) is 10.7. The zero-order valence-electron chi connectivity index (χ0n) is 18.9. The second-order valence-electron chi connectivity index (χ2n) is 8.09. The van der Waals surface area contributed by atoms with E-state index >= 15 is 0 Å². The predicted molar refractivity (Wildman–Crippen MR) is 120 cm³/mol. The molecule has 3 aromatic carbocycles. The van der Waals surface area contributed by atoms with Crippen molar-refractivity contribution >= 4 is 22.2 Å². The van der Waals surface area contributed by atoms with Crippen LogP contribution < -0.4 is 10.1 Å². The largest absolute Gasteiger partial charge is 0.449 e. The molecule has 0 radical (unpaired) electrons. The molecule has 3 aromatic rings. The molecule has 0 bridgehead atoms. The first-order valence-corrected chi connectivity index (χ1v) is 12.3. The van der Waals surface area contributed by atoms with Crippen LogP contribution in [0, 0.1) is 29.1 Å². The maximum absolute atomic E-state index is 13.9. The van der Waals surface area contributed by atoms with Crippen molar-refractivity contribution in [1.82, 2.24) is 5.32 Å². The van der Waals surface area contributed by atoms with E-state index in [0.717, 1.165) is 22.3 Å². The molecule has 0 heterocycles. The Labute approximate surface area is 211 Å². The molecule has 38 heavy (non-hydrogen) atoms. The number of alkyl carbamates (subject to hydrolysis) is 1. The van der Waals surface area contributed by atoms with Gasteiger partial charge in [0.1, 0.15) is 18.4 Å². The molecule has 0 fully saturated rings. The van der Waals surface area contributed by atoms with E-state index in [1.807, 2.05) is 36.4 Å². The highest BCUT2D eigenvalue weighted by Gasteiger charge is 2.34. The number of nitrogens with one attached hydrogen (secondary N) is 1. The molecular formula is C24H16F5NO7S. The Kier molecular flexibility index (Phi) is 7.37. The fourth-order valence-corrected chi connectivity index (χ4v) is 4.65. The monoisotopic (exact) mass is 557 g/mol. The average Bonchev–Trinajstić information content (AvgIpc) is 3.20. The second-order valence-corrected chi connectivity index (χ2v) is 9.59. The Morgan fingerprint density at radius 2 is 1.32 bits per heavy atom. The van der Waals surface area contributed by atoms with Crippen LogP contribution in [0.4, 0.5) is 26.7 Å². The molecule has 14 heteroatoms. The number of halogens is 5. The van der Waals surface area contributed by atoms with Crippen LogP contribution in [0.2, 0.25) is 0 Å². The van der Waals surface area contributed by atoms with E-state index in [-0.39, 0.29) is 6.61 Å². The number of carbonyl (C=O) groups is 2. The van der Waals surface area contributed by atoms with Gasteiger partial charge in [-0.1, -0.05) is 48.5 Å². The van der Waals surface area contributed by atoms with Gasteiger partial charge in [-0.3, -0.25) is 4.55 Å². The van der Waals surface area contributed by atoms with E-state index in [2.05, 4.69) is 4.74 Å². The Bertz CT molecular complexity index is 1470. The van der Waals surface area contributed by atoms with E-state index in [9.17, 15) is 40.0 Å². The molecule has 1 atom stereocenters. The highest BCUT2D eigenvalue weighted by molar-refractivity contribution is 7.85. The van der Waals surface area contributed by atoms with Crippen LogP contribution >= 0.6 is 0 Å². The minimum Gasteiger partial charge on any atom is -0.449 e. The Morgan fingerprint density at radius 3 is 1.82 bits per heavy atom. The maximum atomic E-state index is 13.9. The summed E-state index contributed by atoms with van der Waals surface area (Å²) in [5, 5.41) is 1.76. The number of rotatable bonds is 7. The lowest BCUT2D eigenvalue weighted by Gasteiger charge is -2.18. The van der Waals surface area contributed by atoms with Gasteiger partial charge >= 0.3 is 12.1 Å². The standard InChI is InChI=1S/C24H16F5NO7S/c25-17-18(26)20(28)22(21(29)19(17)27)37-23(31)16(10-38(33,34)35)30-24(32)36-9-15-13-7-3-1-5-11(13)12-6-2-4-8-14(12)15/h1-8,15-16H,9-10H2,(H,30,32)(H,33,34,35). The highest BCUT2D eigenvalue weighted by Crippen LogP contribution is 2.44. The van der Waals surface area contributed by atoms with Gasteiger partial charge < -0.3 is 14.8 Å². The average molecular weight is 557 g/mol. The number of fused-ring (bicyclic) bond motifs is 3. The van der Waals surface area contributed by atoms with Gasteiger partial charge in [0.05, 0.1) is 0 Å². The maximum Gasteiger partial charge on any atom is 0.407 e. The van der Waals surface area contributed by atoms with Crippen molar-refractivity contribution in [3.05, 3.63) is 88.7 Å². The Balaban J connectivity index is 1.51. The van der Waals surface area contributed by atoms with Gasteiger partial charge in [-0.2, -0.15) is 17.2 Å². The van der Waals surface area contributed by atoms with E-state index in [1.54, 1.807) is 17.4 Å². The lowest BCUT2D eigenvalue weighted by atomic mass is 9.98. The third-order valence-corrected chi connectivity index (χ3v) is 6.42. The van der Waals surface area contributed by atoms with Gasteiger partial charge in [-0.25, -0.2) is 22.8 Å². The van der Waals surface area contributed by atoms with Crippen LogP contribution in [0.5, 0.6) is 5.75 Å². The van der Waals surface area contributed by atoms with Gasteiger partial charge in [0.2, 0.25) is 34.8 Å². The summed E-state index contributed by atoms with van der Waals surface area (Å²) in [7, 11) is -5.03. The van der Waals surface area contributed by atoms with Crippen molar-refractivity contribution < 1.29 is 54.0 Å². The molecule has 1 aliphatic rings. The summed E-state index contributed by atoms with van der Waals surface area (Å²) in [4.78, 5) is 24.8. The van der Waals surface area contributed by atoms with E-state index in [4.69, 9.17) is 9.29 Å². The molecular weight excluding hydrogens is 541 g/mol. The van der Waals surface area contributed by atoms with Crippen LogP contribution in [0.1, 0.15) is 17.0 Å². The zero-order chi connectivity index (χ0) is 27.8. The molecule has 0 spiro atoms. The van der Waals surface area contributed by atoms with Crippen molar-refractivity contribution in [2.45, 2.75) is 12.0 Å². The lowest BCUT2D eigenvalue weighted by Crippen LogP contribution is -2.47. The molecule has 1 aliphatic carbocycles. The van der Waals surface area contributed by atoms with Gasteiger partial charge in [0.15, 0.2) is 0 Å². The summed E-state index contributed by atoms with van der Waals surface area (Å²) in [6.07, 6.45) is -1.39. The minimum absolute atomic E-state index is 0.287. The van der Waals surface area contributed by atoms with Crippen LogP contribution in [0.15, 0.2) is 48.5 Å². The van der Waals surface area contributed by atoms with Gasteiger partial charge in [0.25, 0.3) is 10.1 Å². The summed E-state index contributed by atoms with van der Waals surface area (Å²) >= 11 is 0. The van der Waals surface area contributed by atoms with Crippen LogP contribution in [-0.4, -0.2) is 43.4 Å². The summed E-state index contributed by atoms with van der Waals surface area (Å²) in [6.45, 7) is -0.287. The zero-order valence-corrected chi connectivity index (χ0v) is 19.7. The topological polar surface area (TPSA) is 119 Å². The highest BCUT2D eigenvalue weighted by atomic mass is 32.2. The summed E-state index contributed by atoms with van der Waals surface area (Å²) in [5.41, 5.74) is 3.43. The fourth-order valence-electron chi connectivity index (χ4n) is 4.01. The van der Waals surface area contributed by atoms with Gasteiger partial charge in [-0.05, 0) is 22.3 Å². The van der Waals surface area contributed by atoms with Gasteiger partial charge in [0, 0.05) is 5.92 Å². The number of hydrogen-bond acceptors (Lipinski definition) is 6. The summed E-state index contributed by atoms with van der Waals surface area (Å²) in [6, 6.07) is 12.2. The predicted octanol–water partition coefficient (Wildman–Crippen LogP) is 4.08. The van der Waals surface area contributed by atoms with Crippen LogP contribution in [0.25, 0.3) is 11.1 Å². The first kappa shape index (κ1) is 27.0. The molecule has 0 aliphatic heterocycles. The van der Waals surface area contributed by atoms with Crippen LogP contribution in [0.3, 0.4) is 0 Å². The van der Waals surface area contributed by atoms with Crippen molar-refractivity contribution in [3.63, 3.8) is 0 Å². The first-order chi connectivity index (χ1) is 17.9. The molecule has 0 aromatic heterocycles. The summed E-state index contributed by atoms with van der Waals surface area (Å²) in [5.74, 6) is -18.4. The normalized spacial score (nSPS) is 13.4. The molecule has 4 rings (SSSR count). The van der Waals surface area contributed by atoms with E-state index in [0.29, 0.717) is 0 Å². The smallest absolute Gasteiger partial charge is 0.407 e. The van der Waals surface area contributed by atoms with Crippen molar-refractivity contribution in [2.24, 2.45) is 0 Å². The lowest BCUT2D eigenvalue weighted by molar-refractivity contribution is -0.136. The molecule has 1 amide bonds. The Hall–Kier alpha value is -4.04. The molecule has 2 N–H and O–H groups in total. The van der Waals surface area contributed by atoms with Crippen molar-refractivity contribution in [3.8, 4) is 16.9 Å². The number of esters is 1. The molecule has 0 saturated carbocycles. The number of carbonyl (C=O) groups excluding carboxylic acids is 2. The summed E-state index contributed by atoms with van der Waals surface area (Å²) < 4.78 is 109. The number of amides is 1. The van der Waals surface area contributed by atoms with Crippen LogP contribution in [-0.2, 0) is 19.6 Å². The molecule has 1 unspecified atom stereocenters. The fraction of sp³-hybridized carbons (Fsp3) is 0.167. The number of ether oxygens (including phenoxy) is 2. The van der Waals surface area contributed by atoms with E-state index in [1.165, 1.54) is 0 Å². The SMILES string of the molecule is O=C(NC(CS(=O)(=O)O)C(=O)Oc1c(F)c(F)c(F)c(F)c1F)OCC1c2ccccc2-c2ccccc21. The number of hydrogen-bond donors (Lipinski definition) is 2. The quantitative estimate of drug-likeness (QED) is 0.112.